The van der Waals surface area contributed by atoms with E-state index < -0.39 is 0 Å². The van der Waals surface area contributed by atoms with E-state index in [1.165, 1.54) is 10.4 Å². The highest BCUT2D eigenvalue weighted by molar-refractivity contribution is 9.10. The number of aromatic nitrogens is 1. The van der Waals surface area contributed by atoms with Gasteiger partial charge < -0.3 is 5.73 Å². The largest absolute Gasteiger partial charge is 0.323 e. The van der Waals surface area contributed by atoms with E-state index in [-0.39, 0.29) is 6.04 Å². The Kier molecular flexibility index (Phi) is 3.97. The van der Waals surface area contributed by atoms with Crippen molar-refractivity contribution in [3.05, 3.63) is 49.9 Å². The summed E-state index contributed by atoms with van der Waals surface area (Å²) < 4.78 is 1.10. The molecule has 2 aromatic rings. The fraction of sp³-hybridized carbons (Fsp3) is 0.308. The lowest BCUT2D eigenvalue weighted by Gasteiger charge is -2.00. The predicted molar refractivity (Wildman–Crippen MR) is 76.4 cm³/mol. The minimum absolute atomic E-state index is 0.0752. The second-order valence-corrected chi connectivity index (χ2v) is 6.18. The molecule has 2 N–H and O–H groups in total. The Morgan fingerprint density at radius 1 is 1.35 bits per heavy atom. The number of thiazole rings is 1. The van der Waals surface area contributed by atoms with Crippen LogP contribution in [0.25, 0.3) is 0 Å². The van der Waals surface area contributed by atoms with Gasteiger partial charge in [-0.25, -0.2) is 4.98 Å². The highest BCUT2D eigenvalue weighted by atomic mass is 79.9. The minimum atomic E-state index is 0.0752. The number of nitrogens with two attached hydrogens (primary N) is 1. The minimum Gasteiger partial charge on any atom is -0.323 e. The molecule has 17 heavy (non-hydrogen) atoms. The first-order chi connectivity index (χ1) is 8.06. The molecule has 1 unspecified atom stereocenters. The number of benzene rings is 1. The molecular formula is C13H15BrN2S. The monoisotopic (exact) mass is 310 g/mol. The van der Waals surface area contributed by atoms with Crippen LogP contribution in [0, 0.1) is 6.92 Å². The molecule has 0 saturated carbocycles. The molecule has 0 amide bonds. The number of hydrogen-bond acceptors (Lipinski definition) is 3. The average molecular weight is 311 g/mol. The molecule has 1 heterocycles. The number of nitrogens with zero attached hydrogens (tertiary/aromatic N) is 1. The normalized spacial score (nSPS) is 12.7. The molecule has 4 heteroatoms. The molecular weight excluding hydrogens is 296 g/mol. The van der Waals surface area contributed by atoms with Gasteiger partial charge in [-0.3, -0.25) is 0 Å². The number of halogens is 1. The summed E-state index contributed by atoms with van der Waals surface area (Å²) in [5, 5.41) is 1.14. The van der Waals surface area contributed by atoms with Crippen LogP contribution >= 0.6 is 27.3 Å². The third kappa shape index (κ3) is 3.15. The molecule has 1 atom stereocenters. The molecule has 0 fully saturated rings. The Balaban J connectivity index is 2.19. The summed E-state index contributed by atoms with van der Waals surface area (Å²) in [7, 11) is 0. The predicted octanol–water partition coefficient (Wildman–Crippen LogP) is 3.82. The molecule has 0 aliphatic carbocycles. The maximum atomic E-state index is 5.91. The lowest BCUT2D eigenvalue weighted by molar-refractivity contribution is 0.825. The zero-order valence-corrected chi connectivity index (χ0v) is 12.3. The first-order valence-corrected chi connectivity index (χ1v) is 7.13. The van der Waals surface area contributed by atoms with Crippen LogP contribution in [0.2, 0.25) is 0 Å². The molecule has 0 aliphatic rings. The van der Waals surface area contributed by atoms with E-state index in [1.54, 1.807) is 11.3 Å². The molecule has 0 saturated heterocycles. The summed E-state index contributed by atoms with van der Waals surface area (Å²) in [4.78, 5) is 5.77. The van der Waals surface area contributed by atoms with Crippen molar-refractivity contribution < 1.29 is 0 Å². The second kappa shape index (κ2) is 5.29. The Bertz CT molecular complexity index is 503. The van der Waals surface area contributed by atoms with Gasteiger partial charge in [0.25, 0.3) is 0 Å². The fourth-order valence-electron chi connectivity index (χ4n) is 1.74. The first kappa shape index (κ1) is 12.7. The maximum Gasteiger partial charge on any atom is 0.0975 e. The third-order valence-corrected chi connectivity index (χ3v) is 4.45. The summed E-state index contributed by atoms with van der Waals surface area (Å²) in [5.74, 6) is 0. The molecule has 2 rings (SSSR count). The highest BCUT2D eigenvalue weighted by Crippen LogP contribution is 2.25. The summed E-state index contributed by atoms with van der Waals surface area (Å²) in [6, 6.07) is 8.43. The Hall–Kier alpha value is -0.710. The van der Waals surface area contributed by atoms with Crippen LogP contribution in [0.4, 0.5) is 0 Å². The topological polar surface area (TPSA) is 38.9 Å². The number of aryl methyl sites for hydroxylation is 1. The van der Waals surface area contributed by atoms with Gasteiger partial charge in [0.1, 0.15) is 0 Å². The van der Waals surface area contributed by atoms with Crippen LogP contribution in [0.3, 0.4) is 0 Å². The van der Waals surface area contributed by atoms with Gasteiger partial charge in [0.15, 0.2) is 0 Å². The van der Waals surface area contributed by atoms with Gasteiger partial charge in [-0.05, 0) is 31.5 Å². The van der Waals surface area contributed by atoms with E-state index in [1.807, 2.05) is 13.8 Å². The SMILES string of the molecule is Cc1nc(Cc2ccc(Br)cc2)sc1C(C)N. The second-order valence-electron chi connectivity index (χ2n) is 4.15. The molecule has 2 nitrogen and oxygen atoms in total. The Morgan fingerprint density at radius 2 is 2.00 bits per heavy atom. The fourth-order valence-corrected chi connectivity index (χ4v) is 3.06. The van der Waals surface area contributed by atoms with E-state index in [9.17, 15) is 0 Å². The van der Waals surface area contributed by atoms with Crippen LogP contribution in [0.15, 0.2) is 28.7 Å². The zero-order chi connectivity index (χ0) is 12.4. The number of rotatable bonds is 3. The van der Waals surface area contributed by atoms with Crippen molar-refractivity contribution in [3.63, 3.8) is 0 Å². The lowest BCUT2D eigenvalue weighted by atomic mass is 10.2. The van der Waals surface area contributed by atoms with Gasteiger partial charge >= 0.3 is 0 Å². The standard InChI is InChI=1S/C13H15BrN2S/c1-8(15)13-9(2)16-12(17-13)7-10-3-5-11(14)6-4-10/h3-6,8H,7,15H2,1-2H3. The van der Waals surface area contributed by atoms with Crippen LogP contribution in [-0.4, -0.2) is 4.98 Å². The zero-order valence-electron chi connectivity index (χ0n) is 9.90. The maximum absolute atomic E-state index is 5.91. The Morgan fingerprint density at radius 3 is 2.53 bits per heavy atom. The molecule has 1 aromatic carbocycles. The summed E-state index contributed by atoms with van der Waals surface area (Å²) >= 11 is 5.15. The smallest absolute Gasteiger partial charge is 0.0975 e. The van der Waals surface area contributed by atoms with Crippen molar-refractivity contribution >= 4 is 27.3 Å². The lowest BCUT2D eigenvalue weighted by Crippen LogP contribution is -2.03. The van der Waals surface area contributed by atoms with Crippen molar-refractivity contribution in [1.29, 1.82) is 0 Å². The molecule has 90 valence electrons. The van der Waals surface area contributed by atoms with Crippen LogP contribution < -0.4 is 5.73 Å². The molecule has 0 aliphatic heterocycles. The quantitative estimate of drug-likeness (QED) is 0.936. The van der Waals surface area contributed by atoms with Crippen LogP contribution in [-0.2, 0) is 6.42 Å². The average Bonchev–Trinajstić information content (AvgIpc) is 2.63. The number of hydrogen-bond donors (Lipinski definition) is 1. The van der Waals surface area contributed by atoms with Gasteiger partial charge in [0.2, 0.25) is 0 Å². The van der Waals surface area contributed by atoms with Gasteiger partial charge in [-0.2, -0.15) is 0 Å². The third-order valence-electron chi connectivity index (χ3n) is 2.56. The highest BCUT2D eigenvalue weighted by Gasteiger charge is 2.11. The van der Waals surface area contributed by atoms with Crippen molar-refractivity contribution in [2.24, 2.45) is 5.73 Å². The van der Waals surface area contributed by atoms with E-state index in [4.69, 9.17) is 5.73 Å². The van der Waals surface area contributed by atoms with Crippen molar-refractivity contribution in [2.45, 2.75) is 26.3 Å². The van der Waals surface area contributed by atoms with Gasteiger partial charge in [-0.15, -0.1) is 11.3 Å². The van der Waals surface area contributed by atoms with Gasteiger partial charge in [0.05, 0.1) is 10.7 Å². The molecule has 0 bridgehead atoms. The van der Waals surface area contributed by atoms with Crippen molar-refractivity contribution in [2.75, 3.05) is 0 Å². The van der Waals surface area contributed by atoms with Crippen LogP contribution in [0.1, 0.15) is 34.1 Å². The van der Waals surface area contributed by atoms with Crippen molar-refractivity contribution in [1.82, 2.24) is 4.98 Å². The van der Waals surface area contributed by atoms with Crippen molar-refractivity contribution in [3.8, 4) is 0 Å². The van der Waals surface area contributed by atoms with Gasteiger partial charge in [-0.1, -0.05) is 28.1 Å². The summed E-state index contributed by atoms with van der Waals surface area (Å²) in [6.07, 6.45) is 0.880. The van der Waals surface area contributed by atoms with Gasteiger partial charge in [0, 0.05) is 21.8 Å². The first-order valence-electron chi connectivity index (χ1n) is 5.52. The molecule has 0 radical (unpaired) electrons. The molecule has 0 spiro atoms. The van der Waals surface area contributed by atoms with Crippen LogP contribution in [0.5, 0.6) is 0 Å². The van der Waals surface area contributed by atoms with E-state index in [0.29, 0.717) is 0 Å². The summed E-state index contributed by atoms with van der Waals surface area (Å²) in [5.41, 5.74) is 8.25. The summed E-state index contributed by atoms with van der Waals surface area (Å²) in [6.45, 7) is 4.03. The molecule has 1 aromatic heterocycles. The van der Waals surface area contributed by atoms with E-state index in [2.05, 4.69) is 45.2 Å². The van der Waals surface area contributed by atoms with E-state index >= 15 is 0 Å². The Labute approximate surface area is 114 Å². The van der Waals surface area contributed by atoms with E-state index in [0.717, 1.165) is 21.6 Å².